The van der Waals surface area contributed by atoms with E-state index >= 15 is 0 Å². The molecule has 4 bridgehead atoms. The van der Waals surface area contributed by atoms with E-state index in [1.54, 1.807) is 6.20 Å². The van der Waals surface area contributed by atoms with Crippen LogP contribution in [0.2, 0.25) is 5.02 Å². The van der Waals surface area contributed by atoms with E-state index in [-0.39, 0.29) is 10.4 Å². The fourth-order valence-electron chi connectivity index (χ4n) is 5.89. The number of pyridine rings is 1. The number of alkyl halides is 3. The molecule has 0 aliphatic heterocycles. The molecule has 0 N–H and O–H groups in total. The third kappa shape index (κ3) is 2.13. The Labute approximate surface area is 143 Å². The van der Waals surface area contributed by atoms with Crippen LogP contribution in [0.3, 0.4) is 0 Å². The minimum Gasteiger partial charge on any atom is -0.305 e. The molecular weight excluding hydrogens is 337 g/mol. The van der Waals surface area contributed by atoms with Gasteiger partial charge in [-0.25, -0.2) is 4.98 Å². The number of halogens is 4. The van der Waals surface area contributed by atoms with E-state index in [1.807, 2.05) is 0 Å². The first-order valence-electron chi connectivity index (χ1n) is 8.58. The van der Waals surface area contributed by atoms with Gasteiger partial charge in [0.2, 0.25) is 0 Å². The Kier molecular flexibility index (Phi) is 2.94. The van der Waals surface area contributed by atoms with Gasteiger partial charge in [-0.05, 0) is 62.3 Å². The normalized spacial score (nSPS) is 35.1. The van der Waals surface area contributed by atoms with Crippen molar-refractivity contribution in [1.29, 1.82) is 0 Å². The summed E-state index contributed by atoms with van der Waals surface area (Å²) in [5.41, 5.74) is 0.718. The number of nitrogens with zero attached hydrogens (tertiary/aromatic N) is 2. The molecule has 2 nitrogen and oxygen atoms in total. The quantitative estimate of drug-likeness (QED) is 0.663. The van der Waals surface area contributed by atoms with Crippen molar-refractivity contribution in [2.75, 3.05) is 0 Å². The van der Waals surface area contributed by atoms with Crippen molar-refractivity contribution in [3.05, 3.63) is 34.7 Å². The lowest BCUT2D eigenvalue weighted by molar-refractivity contribution is -0.137. The highest BCUT2D eigenvalue weighted by Gasteiger charge is 2.52. The lowest BCUT2D eigenvalue weighted by Gasteiger charge is -2.56. The zero-order valence-electron chi connectivity index (χ0n) is 13.1. The van der Waals surface area contributed by atoms with Gasteiger partial charge in [0.15, 0.2) is 5.65 Å². The van der Waals surface area contributed by atoms with Crippen molar-refractivity contribution < 1.29 is 13.2 Å². The van der Waals surface area contributed by atoms with Crippen LogP contribution in [0, 0.1) is 17.8 Å². The molecule has 2 aromatic heterocycles. The van der Waals surface area contributed by atoms with E-state index < -0.39 is 11.7 Å². The van der Waals surface area contributed by atoms with Crippen LogP contribution >= 0.6 is 11.6 Å². The highest BCUT2D eigenvalue weighted by atomic mass is 35.5. The first kappa shape index (κ1) is 15.1. The molecular formula is C18H18ClF3N2. The summed E-state index contributed by atoms with van der Waals surface area (Å²) in [6.45, 7) is 0. The van der Waals surface area contributed by atoms with Crippen LogP contribution in [-0.4, -0.2) is 9.38 Å². The largest absolute Gasteiger partial charge is 0.417 e. The molecule has 2 heterocycles. The highest BCUT2D eigenvalue weighted by Crippen LogP contribution is 2.60. The van der Waals surface area contributed by atoms with Crippen LogP contribution in [-0.2, 0) is 11.6 Å². The van der Waals surface area contributed by atoms with Crippen molar-refractivity contribution in [3.63, 3.8) is 0 Å². The maximum absolute atomic E-state index is 13.0. The average molecular weight is 355 g/mol. The Morgan fingerprint density at radius 1 is 1.04 bits per heavy atom. The first-order valence-corrected chi connectivity index (χ1v) is 8.96. The predicted octanol–water partition coefficient (Wildman–Crippen LogP) is 5.47. The van der Waals surface area contributed by atoms with Crippen molar-refractivity contribution in [1.82, 2.24) is 9.38 Å². The topological polar surface area (TPSA) is 17.3 Å². The third-order valence-electron chi connectivity index (χ3n) is 6.42. The van der Waals surface area contributed by atoms with Crippen LogP contribution in [0.1, 0.15) is 49.8 Å². The van der Waals surface area contributed by atoms with Gasteiger partial charge in [-0.2, -0.15) is 13.2 Å². The monoisotopic (exact) mass is 354 g/mol. The fourth-order valence-corrected chi connectivity index (χ4v) is 6.15. The molecule has 0 radical (unpaired) electrons. The summed E-state index contributed by atoms with van der Waals surface area (Å²) in [7, 11) is 0. The summed E-state index contributed by atoms with van der Waals surface area (Å²) in [4.78, 5) is 4.69. The Morgan fingerprint density at radius 2 is 1.62 bits per heavy atom. The minimum absolute atomic E-state index is 0.0580. The summed E-state index contributed by atoms with van der Waals surface area (Å²) >= 11 is 6.11. The van der Waals surface area contributed by atoms with Crippen LogP contribution in [0.4, 0.5) is 13.2 Å². The van der Waals surface area contributed by atoms with Crippen molar-refractivity contribution in [3.8, 4) is 0 Å². The van der Waals surface area contributed by atoms with E-state index in [0.29, 0.717) is 5.65 Å². The number of imidazole rings is 1. The second kappa shape index (κ2) is 4.69. The second-order valence-corrected chi connectivity index (χ2v) is 8.54. The minimum atomic E-state index is -4.40. The number of hydrogen-bond acceptors (Lipinski definition) is 1. The van der Waals surface area contributed by atoms with Gasteiger partial charge in [0, 0.05) is 17.8 Å². The molecule has 4 fully saturated rings. The van der Waals surface area contributed by atoms with E-state index in [1.165, 1.54) is 23.7 Å². The molecule has 0 amide bonds. The van der Waals surface area contributed by atoms with Crippen molar-refractivity contribution in [2.24, 2.45) is 17.8 Å². The van der Waals surface area contributed by atoms with Crippen molar-refractivity contribution >= 4 is 17.2 Å². The molecule has 6 rings (SSSR count). The summed E-state index contributed by atoms with van der Waals surface area (Å²) in [5.74, 6) is 2.30. The number of rotatable bonds is 1. The van der Waals surface area contributed by atoms with Gasteiger partial charge < -0.3 is 4.40 Å². The maximum atomic E-state index is 13.0. The standard InChI is InChI=1S/C18H18ClF3N2/c19-14-4-13(18(20,21)22)8-24-9-15(23-16(14)24)17-5-10-1-11(6-17)3-12(2-10)7-17/h4,8-12H,1-3,5-7H2. The van der Waals surface area contributed by atoms with E-state index in [4.69, 9.17) is 11.6 Å². The molecule has 0 atom stereocenters. The molecule has 0 aromatic carbocycles. The lowest BCUT2D eigenvalue weighted by atomic mass is 9.49. The molecule has 4 saturated carbocycles. The molecule has 2 aromatic rings. The van der Waals surface area contributed by atoms with Gasteiger partial charge in [0.05, 0.1) is 16.3 Å². The van der Waals surface area contributed by atoms with E-state index in [9.17, 15) is 13.2 Å². The van der Waals surface area contributed by atoms with Gasteiger partial charge >= 0.3 is 6.18 Å². The van der Waals surface area contributed by atoms with Crippen LogP contribution in [0.15, 0.2) is 18.5 Å². The van der Waals surface area contributed by atoms with Crippen LogP contribution < -0.4 is 0 Å². The van der Waals surface area contributed by atoms with E-state index in [0.717, 1.165) is 55.0 Å². The summed E-state index contributed by atoms with van der Waals surface area (Å²) in [6, 6.07) is 0.980. The lowest BCUT2D eigenvalue weighted by Crippen LogP contribution is -2.48. The highest BCUT2D eigenvalue weighted by molar-refractivity contribution is 6.33. The molecule has 24 heavy (non-hydrogen) atoms. The zero-order chi connectivity index (χ0) is 16.7. The summed E-state index contributed by atoms with van der Waals surface area (Å²) < 4.78 is 40.5. The summed E-state index contributed by atoms with van der Waals surface area (Å²) in [5, 5.41) is 0.0702. The second-order valence-electron chi connectivity index (χ2n) is 8.13. The number of aromatic nitrogens is 2. The Morgan fingerprint density at radius 3 is 2.17 bits per heavy atom. The Bertz CT molecular complexity index is 788. The SMILES string of the molecule is FC(F)(F)c1cc(Cl)c2nc(C34CC5CC(CC(C5)C3)C4)cn2c1. The zero-order valence-corrected chi connectivity index (χ0v) is 13.9. The van der Waals surface area contributed by atoms with Crippen molar-refractivity contribution in [2.45, 2.75) is 50.1 Å². The van der Waals surface area contributed by atoms with Gasteiger partial charge in [0.25, 0.3) is 0 Å². The molecule has 6 heteroatoms. The summed E-state index contributed by atoms with van der Waals surface area (Å²) in [6.07, 6.45) is 5.87. The smallest absolute Gasteiger partial charge is 0.305 e. The molecule has 0 unspecified atom stereocenters. The Hall–Kier alpha value is -1.23. The number of fused-ring (bicyclic) bond motifs is 1. The third-order valence-corrected chi connectivity index (χ3v) is 6.69. The van der Waals surface area contributed by atoms with Gasteiger partial charge in [0.1, 0.15) is 0 Å². The molecule has 0 saturated heterocycles. The molecule has 128 valence electrons. The molecule has 0 spiro atoms. The molecule has 4 aliphatic rings. The average Bonchev–Trinajstić information content (AvgIpc) is 2.90. The van der Waals surface area contributed by atoms with Gasteiger partial charge in [-0.15, -0.1) is 0 Å². The molecule has 4 aliphatic carbocycles. The first-order chi connectivity index (χ1) is 11.3. The predicted molar refractivity (Wildman–Crippen MR) is 85.1 cm³/mol. The van der Waals surface area contributed by atoms with Gasteiger partial charge in [-0.1, -0.05) is 11.6 Å². The Balaban J connectivity index is 1.62. The van der Waals surface area contributed by atoms with Gasteiger partial charge in [-0.3, -0.25) is 0 Å². The van der Waals surface area contributed by atoms with E-state index in [2.05, 4.69) is 4.98 Å². The fraction of sp³-hybridized carbons (Fsp3) is 0.611. The van der Waals surface area contributed by atoms with Crippen LogP contribution in [0.5, 0.6) is 0 Å². The maximum Gasteiger partial charge on any atom is 0.417 e. The number of hydrogen-bond donors (Lipinski definition) is 0. The van der Waals surface area contributed by atoms with Crippen LogP contribution in [0.25, 0.3) is 5.65 Å².